The first-order chi connectivity index (χ1) is 9.36. The molecule has 0 aliphatic heterocycles. The smallest absolute Gasteiger partial charge is 0.119 e. The summed E-state index contributed by atoms with van der Waals surface area (Å²) in [6, 6.07) is 8.43. The summed E-state index contributed by atoms with van der Waals surface area (Å²) in [6.45, 7) is 3.85. The van der Waals surface area contributed by atoms with Gasteiger partial charge in [-0.3, -0.25) is 0 Å². The molecule has 0 saturated carbocycles. The standard InChI is InChI=1S/C17H29NO/c1-2-3-4-5-6-7-15-19-17-12-10-16(11-13-17)9-8-14-18/h10-13H,2-9,14-15,18H2,1H3. The molecule has 19 heavy (non-hydrogen) atoms. The maximum absolute atomic E-state index is 5.75. The lowest BCUT2D eigenvalue weighted by Crippen LogP contribution is -2.00. The van der Waals surface area contributed by atoms with Crippen LogP contribution in [0.1, 0.15) is 57.4 Å². The normalized spacial score (nSPS) is 10.6. The lowest BCUT2D eigenvalue weighted by molar-refractivity contribution is 0.304. The molecule has 2 nitrogen and oxygen atoms in total. The van der Waals surface area contributed by atoms with Gasteiger partial charge in [0, 0.05) is 0 Å². The van der Waals surface area contributed by atoms with Crippen LogP contribution >= 0.6 is 0 Å². The fourth-order valence-electron chi connectivity index (χ4n) is 2.13. The Kier molecular flexibility index (Phi) is 9.17. The van der Waals surface area contributed by atoms with Gasteiger partial charge in [0.1, 0.15) is 5.75 Å². The Labute approximate surface area is 118 Å². The van der Waals surface area contributed by atoms with Gasteiger partial charge >= 0.3 is 0 Å². The highest BCUT2D eigenvalue weighted by Crippen LogP contribution is 2.14. The molecule has 0 bridgehead atoms. The van der Waals surface area contributed by atoms with Crippen LogP contribution in [0.4, 0.5) is 0 Å². The molecule has 0 unspecified atom stereocenters. The first-order valence-electron chi connectivity index (χ1n) is 7.78. The molecule has 108 valence electrons. The highest BCUT2D eigenvalue weighted by molar-refractivity contribution is 5.27. The lowest BCUT2D eigenvalue weighted by atomic mass is 10.1. The van der Waals surface area contributed by atoms with Crippen molar-refractivity contribution in [1.82, 2.24) is 0 Å². The number of benzene rings is 1. The van der Waals surface area contributed by atoms with Crippen molar-refractivity contribution in [3.05, 3.63) is 29.8 Å². The minimum Gasteiger partial charge on any atom is -0.494 e. The first kappa shape index (κ1) is 16.0. The van der Waals surface area contributed by atoms with Gasteiger partial charge in [0.2, 0.25) is 0 Å². The van der Waals surface area contributed by atoms with Gasteiger partial charge in [-0.25, -0.2) is 0 Å². The van der Waals surface area contributed by atoms with Crippen LogP contribution in [0.5, 0.6) is 5.75 Å². The number of ether oxygens (including phenoxy) is 1. The summed E-state index contributed by atoms with van der Waals surface area (Å²) >= 11 is 0. The van der Waals surface area contributed by atoms with Crippen LogP contribution in [-0.2, 0) is 6.42 Å². The molecule has 0 aliphatic rings. The molecule has 0 heterocycles. The van der Waals surface area contributed by atoms with Crippen molar-refractivity contribution in [3.8, 4) is 5.75 Å². The van der Waals surface area contributed by atoms with Gasteiger partial charge in [0.15, 0.2) is 0 Å². The number of rotatable bonds is 11. The fourth-order valence-corrected chi connectivity index (χ4v) is 2.13. The molecular weight excluding hydrogens is 234 g/mol. The van der Waals surface area contributed by atoms with E-state index in [0.29, 0.717) is 0 Å². The Hall–Kier alpha value is -1.02. The Balaban J connectivity index is 2.09. The average molecular weight is 263 g/mol. The second-order valence-corrected chi connectivity index (χ2v) is 5.15. The number of aryl methyl sites for hydroxylation is 1. The highest BCUT2D eigenvalue weighted by Gasteiger charge is 1.96. The Morgan fingerprint density at radius 2 is 1.58 bits per heavy atom. The molecule has 1 aromatic rings. The van der Waals surface area contributed by atoms with Crippen LogP contribution in [0.15, 0.2) is 24.3 Å². The molecule has 0 radical (unpaired) electrons. The third kappa shape index (κ3) is 7.89. The number of hydrogen-bond acceptors (Lipinski definition) is 2. The molecule has 0 spiro atoms. The Morgan fingerprint density at radius 1 is 0.895 bits per heavy atom. The largest absolute Gasteiger partial charge is 0.494 e. The molecule has 0 saturated heterocycles. The summed E-state index contributed by atoms with van der Waals surface area (Å²) in [5, 5.41) is 0. The highest BCUT2D eigenvalue weighted by atomic mass is 16.5. The maximum Gasteiger partial charge on any atom is 0.119 e. The quantitative estimate of drug-likeness (QED) is 0.604. The van der Waals surface area contributed by atoms with E-state index < -0.39 is 0 Å². The van der Waals surface area contributed by atoms with Crippen LogP contribution in [0, 0.1) is 0 Å². The van der Waals surface area contributed by atoms with Crippen molar-refractivity contribution in [2.24, 2.45) is 5.73 Å². The van der Waals surface area contributed by atoms with E-state index in [-0.39, 0.29) is 0 Å². The molecule has 0 fully saturated rings. The maximum atomic E-state index is 5.75. The fraction of sp³-hybridized carbons (Fsp3) is 0.647. The summed E-state index contributed by atoms with van der Waals surface area (Å²) in [5.74, 6) is 0.991. The predicted molar refractivity (Wildman–Crippen MR) is 82.7 cm³/mol. The van der Waals surface area contributed by atoms with E-state index in [1.807, 2.05) is 0 Å². The Bertz CT molecular complexity index is 308. The zero-order chi connectivity index (χ0) is 13.8. The van der Waals surface area contributed by atoms with Crippen molar-refractivity contribution < 1.29 is 4.74 Å². The molecule has 0 amide bonds. The predicted octanol–water partition coefficient (Wildman–Crippen LogP) is 4.32. The second-order valence-electron chi connectivity index (χ2n) is 5.15. The number of hydrogen-bond donors (Lipinski definition) is 1. The number of unbranched alkanes of at least 4 members (excludes halogenated alkanes) is 5. The van der Waals surface area contributed by atoms with Crippen LogP contribution in [0.25, 0.3) is 0 Å². The molecule has 2 N–H and O–H groups in total. The van der Waals surface area contributed by atoms with E-state index in [4.69, 9.17) is 10.5 Å². The molecule has 1 rings (SSSR count). The van der Waals surface area contributed by atoms with Crippen LogP contribution < -0.4 is 10.5 Å². The van der Waals surface area contributed by atoms with Crippen molar-refractivity contribution in [3.63, 3.8) is 0 Å². The van der Waals surface area contributed by atoms with Gasteiger partial charge in [-0.15, -0.1) is 0 Å². The second kappa shape index (κ2) is 10.9. The summed E-state index contributed by atoms with van der Waals surface area (Å²) in [5.41, 5.74) is 6.85. The van der Waals surface area contributed by atoms with Gasteiger partial charge in [-0.1, -0.05) is 51.2 Å². The van der Waals surface area contributed by atoms with Gasteiger partial charge in [-0.05, 0) is 43.5 Å². The zero-order valence-corrected chi connectivity index (χ0v) is 12.4. The van der Waals surface area contributed by atoms with E-state index in [2.05, 4.69) is 31.2 Å². The summed E-state index contributed by atoms with van der Waals surface area (Å²) in [7, 11) is 0. The van der Waals surface area contributed by atoms with E-state index in [1.54, 1.807) is 0 Å². The van der Waals surface area contributed by atoms with Crippen LogP contribution in [0.3, 0.4) is 0 Å². The third-order valence-corrected chi connectivity index (χ3v) is 3.36. The van der Waals surface area contributed by atoms with Crippen molar-refractivity contribution >= 4 is 0 Å². The SMILES string of the molecule is CCCCCCCCOc1ccc(CCCN)cc1. The van der Waals surface area contributed by atoms with E-state index in [0.717, 1.165) is 31.7 Å². The summed E-state index contributed by atoms with van der Waals surface area (Å²) in [4.78, 5) is 0. The van der Waals surface area contributed by atoms with Gasteiger partial charge < -0.3 is 10.5 Å². The summed E-state index contributed by atoms with van der Waals surface area (Å²) < 4.78 is 5.75. The summed E-state index contributed by atoms with van der Waals surface area (Å²) in [6.07, 6.45) is 9.96. The monoisotopic (exact) mass is 263 g/mol. The molecule has 2 heteroatoms. The van der Waals surface area contributed by atoms with Crippen molar-refractivity contribution in [2.75, 3.05) is 13.2 Å². The van der Waals surface area contributed by atoms with E-state index in [1.165, 1.54) is 44.1 Å². The molecule has 0 atom stereocenters. The minimum absolute atomic E-state index is 0.760. The van der Waals surface area contributed by atoms with Gasteiger partial charge in [0.05, 0.1) is 6.61 Å². The third-order valence-electron chi connectivity index (χ3n) is 3.36. The van der Waals surface area contributed by atoms with Crippen molar-refractivity contribution in [1.29, 1.82) is 0 Å². The molecular formula is C17H29NO. The number of nitrogens with two attached hydrogens (primary N) is 1. The van der Waals surface area contributed by atoms with Crippen LogP contribution in [0.2, 0.25) is 0 Å². The van der Waals surface area contributed by atoms with E-state index >= 15 is 0 Å². The molecule has 0 aliphatic carbocycles. The van der Waals surface area contributed by atoms with Crippen molar-refractivity contribution in [2.45, 2.75) is 58.3 Å². The Morgan fingerprint density at radius 3 is 2.26 bits per heavy atom. The van der Waals surface area contributed by atoms with Crippen LogP contribution in [-0.4, -0.2) is 13.2 Å². The minimum atomic E-state index is 0.760. The topological polar surface area (TPSA) is 35.2 Å². The zero-order valence-electron chi connectivity index (χ0n) is 12.4. The van der Waals surface area contributed by atoms with Gasteiger partial charge in [0.25, 0.3) is 0 Å². The molecule has 1 aromatic carbocycles. The average Bonchev–Trinajstić information content (AvgIpc) is 2.45. The van der Waals surface area contributed by atoms with E-state index in [9.17, 15) is 0 Å². The first-order valence-corrected chi connectivity index (χ1v) is 7.78. The van der Waals surface area contributed by atoms with Gasteiger partial charge in [-0.2, -0.15) is 0 Å². The molecule has 0 aromatic heterocycles. The lowest BCUT2D eigenvalue weighted by Gasteiger charge is -2.07.